The number of nitrogens with zero attached hydrogens (tertiary/aromatic N) is 3. The Kier molecular flexibility index (Phi) is 5.71. The SMILES string of the molecule is COc1cc(F)cc(-c2ccc3nc(C4C=NC=CC4)nc(Nc4ccc(F)c(F)c4)c3c2)c1. The molecule has 1 aromatic heterocycles. The van der Waals surface area contributed by atoms with Crippen LogP contribution in [0.25, 0.3) is 22.0 Å². The van der Waals surface area contributed by atoms with Crippen LogP contribution in [0.1, 0.15) is 18.2 Å². The zero-order valence-corrected chi connectivity index (χ0v) is 18.1. The van der Waals surface area contributed by atoms with E-state index in [2.05, 4.69) is 10.3 Å². The Hall–Kier alpha value is -4.20. The normalized spacial score (nSPS) is 15.0. The van der Waals surface area contributed by atoms with Gasteiger partial charge in [-0.1, -0.05) is 12.1 Å². The molecular weight excluding hydrogens is 441 g/mol. The first-order valence-electron chi connectivity index (χ1n) is 10.6. The maximum absolute atomic E-state index is 14.1. The second-order valence-electron chi connectivity index (χ2n) is 7.82. The highest BCUT2D eigenvalue weighted by Gasteiger charge is 2.18. The number of hydrogen-bond donors (Lipinski definition) is 1. The Morgan fingerprint density at radius 3 is 2.56 bits per heavy atom. The van der Waals surface area contributed by atoms with E-state index in [9.17, 15) is 13.2 Å². The van der Waals surface area contributed by atoms with E-state index in [0.717, 1.165) is 17.7 Å². The molecule has 0 saturated heterocycles. The average Bonchev–Trinajstić information content (AvgIpc) is 2.86. The molecule has 3 aromatic carbocycles. The molecule has 34 heavy (non-hydrogen) atoms. The van der Waals surface area contributed by atoms with Crippen LogP contribution in [0.15, 0.2) is 71.9 Å². The van der Waals surface area contributed by atoms with Crippen LogP contribution in [0.3, 0.4) is 0 Å². The molecule has 8 heteroatoms. The topological polar surface area (TPSA) is 59.4 Å². The molecule has 1 atom stereocenters. The number of fused-ring (bicyclic) bond motifs is 1. The van der Waals surface area contributed by atoms with Crippen LogP contribution in [0, 0.1) is 17.5 Å². The maximum Gasteiger partial charge on any atom is 0.160 e. The zero-order valence-electron chi connectivity index (χ0n) is 18.1. The van der Waals surface area contributed by atoms with Crippen LogP contribution in [0.4, 0.5) is 24.7 Å². The quantitative estimate of drug-likeness (QED) is 0.368. The number of aromatic nitrogens is 2. The van der Waals surface area contributed by atoms with Crippen LogP contribution in [0.2, 0.25) is 0 Å². The summed E-state index contributed by atoms with van der Waals surface area (Å²) in [6, 6.07) is 13.5. The van der Waals surface area contributed by atoms with Gasteiger partial charge in [0.1, 0.15) is 23.2 Å². The third-order valence-corrected chi connectivity index (χ3v) is 5.51. The van der Waals surface area contributed by atoms with Gasteiger partial charge in [-0.2, -0.15) is 0 Å². The molecule has 0 fully saturated rings. The molecule has 0 bridgehead atoms. The van der Waals surface area contributed by atoms with E-state index >= 15 is 0 Å². The third kappa shape index (κ3) is 4.34. The van der Waals surface area contributed by atoms with Crippen molar-refractivity contribution in [3.8, 4) is 16.9 Å². The number of hydrogen-bond acceptors (Lipinski definition) is 5. The number of ether oxygens (including phenoxy) is 1. The molecule has 0 amide bonds. The van der Waals surface area contributed by atoms with Gasteiger partial charge in [0.2, 0.25) is 0 Å². The fraction of sp³-hybridized carbons (Fsp3) is 0.115. The van der Waals surface area contributed by atoms with Crippen molar-refractivity contribution in [3.05, 3.63) is 90.1 Å². The number of halogens is 3. The summed E-state index contributed by atoms with van der Waals surface area (Å²) in [6.07, 6.45) is 6.12. The first kappa shape index (κ1) is 21.6. The Balaban J connectivity index is 1.65. The van der Waals surface area contributed by atoms with Gasteiger partial charge in [-0.25, -0.2) is 23.1 Å². The molecule has 0 spiro atoms. The van der Waals surface area contributed by atoms with E-state index in [-0.39, 0.29) is 5.92 Å². The Morgan fingerprint density at radius 1 is 0.912 bits per heavy atom. The highest BCUT2D eigenvalue weighted by Crippen LogP contribution is 2.33. The molecule has 5 nitrogen and oxygen atoms in total. The van der Waals surface area contributed by atoms with Crippen LogP contribution >= 0.6 is 0 Å². The highest BCUT2D eigenvalue weighted by atomic mass is 19.2. The van der Waals surface area contributed by atoms with Gasteiger partial charge in [-0.3, -0.25) is 4.99 Å². The van der Waals surface area contributed by atoms with E-state index in [1.807, 2.05) is 24.3 Å². The third-order valence-electron chi connectivity index (χ3n) is 5.51. The summed E-state index contributed by atoms with van der Waals surface area (Å²) in [7, 11) is 1.47. The second kappa shape index (κ2) is 8.97. The first-order chi connectivity index (χ1) is 16.5. The van der Waals surface area contributed by atoms with Crippen molar-refractivity contribution in [2.24, 2.45) is 4.99 Å². The Labute approximate surface area is 193 Å². The van der Waals surface area contributed by atoms with E-state index in [4.69, 9.17) is 14.7 Å². The van der Waals surface area contributed by atoms with Crippen LogP contribution in [-0.4, -0.2) is 23.3 Å². The lowest BCUT2D eigenvalue weighted by Crippen LogP contribution is -2.09. The summed E-state index contributed by atoms with van der Waals surface area (Å²) in [5, 5.41) is 3.72. The molecule has 170 valence electrons. The second-order valence-corrected chi connectivity index (χ2v) is 7.82. The smallest absolute Gasteiger partial charge is 0.160 e. The minimum absolute atomic E-state index is 0.118. The maximum atomic E-state index is 14.1. The standard InChI is InChI=1S/C26H19F3N4O/c1-34-20-10-17(9-18(27)12-20)15-4-7-24-21(11-15)26(31-19-5-6-22(28)23(29)13-19)33-25(32-24)16-3-2-8-30-14-16/h2,4-14,16H,3H2,1H3,(H,31,32,33). The van der Waals surface area contributed by atoms with Crippen molar-refractivity contribution < 1.29 is 17.9 Å². The van der Waals surface area contributed by atoms with Crippen molar-refractivity contribution in [2.75, 3.05) is 12.4 Å². The number of aliphatic imine (C=N–C) groups is 1. The van der Waals surface area contributed by atoms with E-state index in [0.29, 0.717) is 46.0 Å². The molecule has 5 rings (SSSR count). The van der Waals surface area contributed by atoms with Gasteiger partial charge >= 0.3 is 0 Å². The fourth-order valence-electron chi connectivity index (χ4n) is 3.80. The van der Waals surface area contributed by atoms with Crippen molar-refractivity contribution in [1.82, 2.24) is 9.97 Å². The number of allylic oxidation sites excluding steroid dienone is 1. The minimum Gasteiger partial charge on any atom is -0.497 e. The lowest BCUT2D eigenvalue weighted by Gasteiger charge is -2.16. The summed E-state index contributed by atoms with van der Waals surface area (Å²) in [4.78, 5) is 13.6. The zero-order chi connectivity index (χ0) is 23.7. The van der Waals surface area contributed by atoms with Crippen molar-refractivity contribution in [2.45, 2.75) is 12.3 Å². The number of rotatable bonds is 5. The molecule has 4 aromatic rings. The summed E-state index contributed by atoms with van der Waals surface area (Å²) in [5.41, 5.74) is 2.31. The lowest BCUT2D eigenvalue weighted by atomic mass is 10.0. The number of nitrogens with one attached hydrogen (secondary N) is 1. The molecule has 0 aliphatic carbocycles. The molecule has 0 saturated carbocycles. The molecule has 1 unspecified atom stereocenters. The molecule has 1 aliphatic heterocycles. The predicted octanol–water partition coefficient (Wildman–Crippen LogP) is 6.54. The Bertz CT molecular complexity index is 1450. The highest BCUT2D eigenvalue weighted by molar-refractivity contribution is 5.94. The fourth-order valence-corrected chi connectivity index (χ4v) is 3.80. The summed E-state index contributed by atoms with van der Waals surface area (Å²) >= 11 is 0. The predicted molar refractivity (Wildman–Crippen MR) is 126 cm³/mol. The van der Waals surface area contributed by atoms with Crippen LogP contribution < -0.4 is 10.1 Å². The molecule has 1 N–H and O–H groups in total. The van der Waals surface area contributed by atoms with Crippen molar-refractivity contribution in [1.29, 1.82) is 0 Å². The van der Waals surface area contributed by atoms with Gasteiger partial charge in [0.15, 0.2) is 11.6 Å². The summed E-state index contributed by atoms with van der Waals surface area (Å²) in [6.45, 7) is 0. The van der Waals surface area contributed by atoms with E-state index in [1.54, 1.807) is 18.5 Å². The van der Waals surface area contributed by atoms with Gasteiger partial charge < -0.3 is 10.1 Å². The summed E-state index contributed by atoms with van der Waals surface area (Å²) < 4.78 is 46.6. The number of anilines is 2. The van der Waals surface area contributed by atoms with E-state index in [1.165, 1.54) is 25.3 Å². The van der Waals surface area contributed by atoms with Gasteiger partial charge in [-0.15, -0.1) is 0 Å². The summed E-state index contributed by atoms with van der Waals surface area (Å²) in [5.74, 6) is -1.10. The molecule has 2 heterocycles. The van der Waals surface area contributed by atoms with Gasteiger partial charge in [0, 0.05) is 35.6 Å². The minimum atomic E-state index is -0.972. The largest absolute Gasteiger partial charge is 0.497 e. The van der Waals surface area contributed by atoms with Crippen LogP contribution in [0.5, 0.6) is 5.75 Å². The van der Waals surface area contributed by atoms with Crippen molar-refractivity contribution >= 4 is 28.6 Å². The Morgan fingerprint density at radius 2 is 1.79 bits per heavy atom. The first-order valence-corrected chi connectivity index (χ1v) is 10.6. The van der Waals surface area contributed by atoms with E-state index < -0.39 is 17.5 Å². The molecule has 0 radical (unpaired) electrons. The average molecular weight is 460 g/mol. The molecular formula is C26H19F3N4O. The molecule has 1 aliphatic rings. The van der Waals surface area contributed by atoms with Crippen LogP contribution in [-0.2, 0) is 0 Å². The lowest BCUT2D eigenvalue weighted by molar-refractivity contribution is 0.411. The van der Waals surface area contributed by atoms with Crippen molar-refractivity contribution in [3.63, 3.8) is 0 Å². The van der Waals surface area contributed by atoms with Gasteiger partial charge in [-0.05, 0) is 53.9 Å². The van der Waals surface area contributed by atoms with Gasteiger partial charge in [0.05, 0.1) is 18.5 Å². The number of benzene rings is 3. The number of methoxy groups -OCH3 is 1. The monoisotopic (exact) mass is 460 g/mol. The van der Waals surface area contributed by atoms with Gasteiger partial charge in [0.25, 0.3) is 0 Å².